The van der Waals surface area contributed by atoms with Crippen LogP contribution >= 0.6 is 34.8 Å². The second-order valence-electron chi connectivity index (χ2n) is 11.1. The van der Waals surface area contributed by atoms with E-state index in [0.29, 0.717) is 6.61 Å². The third-order valence-electron chi connectivity index (χ3n) is 6.60. The summed E-state index contributed by atoms with van der Waals surface area (Å²) in [5.74, 6) is -2.02. The van der Waals surface area contributed by atoms with Gasteiger partial charge in [-0.05, 0) is 37.5 Å². The van der Waals surface area contributed by atoms with Crippen LogP contribution in [0.15, 0.2) is 30.3 Å². The molecule has 0 spiro atoms. The minimum Gasteiger partial charge on any atom is -0.478 e. The molecule has 2 rings (SSSR count). The molecule has 1 aromatic rings. The molecule has 0 aliphatic carbocycles. The average Bonchev–Trinajstić information content (AvgIpc) is 3.06. The summed E-state index contributed by atoms with van der Waals surface area (Å²) in [5.41, 5.74) is 1.03. The number of aliphatic hydroxyl groups is 1. The number of hydrogen-bond acceptors (Lipinski definition) is 7. The molecule has 1 aliphatic rings. The van der Waals surface area contributed by atoms with Crippen LogP contribution < -0.4 is 0 Å². The van der Waals surface area contributed by atoms with Crippen molar-refractivity contribution in [3.63, 3.8) is 0 Å². The van der Waals surface area contributed by atoms with Crippen molar-refractivity contribution in [1.82, 2.24) is 0 Å². The van der Waals surface area contributed by atoms with Crippen molar-refractivity contribution in [2.24, 2.45) is 5.92 Å². The van der Waals surface area contributed by atoms with Crippen LogP contribution in [0.2, 0.25) is 18.1 Å². The van der Waals surface area contributed by atoms with Gasteiger partial charge in [-0.25, -0.2) is 0 Å². The first kappa shape index (κ1) is 31.8. The van der Waals surface area contributed by atoms with Crippen molar-refractivity contribution in [3.8, 4) is 0 Å². The zero-order valence-corrected chi connectivity index (χ0v) is 25.4. The Morgan fingerprint density at radius 3 is 2.28 bits per heavy atom. The summed E-state index contributed by atoms with van der Waals surface area (Å²) in [5, 5.41) is 19.3. The molecule has 1 aromatic carbocycles. The zero-order valence-electron chi connectivity index (χ0n) is 22.1. The van der Waals surface area contributed by atoms with Crippen molar-refractivity contribution in [1.29, 1.82) is 5.41 Å². The van der Waals surface area contributed by atoms with Crippen LogP contribution in [0.1, 0.15) is 40.2 Å². The summed E-state index contributed by atoms with van der Waals surface area (Å²) in [6, 6.07) is 9.81. The van der Waals surface area contributed by atoms with E-state index in [-0.39, 0.29) is 24.9 Å². The molecular formula is C25H40Cl3NO6Si. The summed E-state index contributed by atoms with van der Waals surface area (Å²) in [7, 11) is -2.15. The quantitative estimate of drug-likeness (QED) is 0.142. The highest BCUT2D eigenvalue weighted by molar-refractivity contribution is 6.76. The van der Waals surface area contributed by atoms with Crippen LogP contribution in [0, 0.1) is 11.3 Å². The lowest BCUT2D eigenvalue weighted by atomic mass is 9.96. The summed E-state index contributed by atoms with van der Waals surface area (Å²) < 4.78 is 27.9. The molecule has 36 heavy (non-hydrogen) atoms. The molecule has 0 unspecified atom stereocenters. The van der Waals surface area contributed by atoms with E-state index in [1.54, 1.807) is 13.8 Å². The molecule has 0 radical (unpaired) electrons. The molecule has 1 heterocycles. The number of hydrogen-bond donors (Lipinski definition) is 2. The molecule has 1 fully saturated rings. The standard InChI is InChI=1S/C25H40Cl3NO6Si/c1-23(2,3)36(6,7)33-15-18(14-32-22(29)25(26,27)28)20(30)21-19(34-24(4,5)35-21)16-31-13-17-11-9-8-10-12-17/h8-12,18-21,29-30H,13-16H2,1-7H3/t18-,19-,20+,21+/m0/s1. The lowest BCUT2D eigenvalue weighted by Crippen LogP contribution is -2.48. The van der Waals surface area contributed by atoms with Crippen molar-refractivity contribution in [3.05, 3.63) is 35.9 Å². The van der Waals surface area contributed by atoms with Gasteiger partial charge in [-0.15, -0.1) is 0 Å². The molecule has 206 valence electrons. The molecule has 0 bridgehead atoms. The van der Waals surface area contributed by atoms with Gasteiger partial charge in [0.25, 0.3) is 3.79 Å². The van der Waals surface area contributed by atoms with Gasteiger partial charge in [-0.2, -0.15) is 0 Å². The van der Waals surface area contributed by atoms with Gasteiger partial charge in [0.15, 0.2) is 14.1 Å². The van der Waals surface area contributed by atoms with Crippen LogP contribution in [0.5, 0.6) is 0 Å². The fourth-order valence-electron chi connectivity index (χ4n) is 3.47. The van der Waals surface area contributed by atoms with Crippen LogP contribution in [0.4, 0.5) is 0 Å². The minimum absolute atomic E-state index is 0.0313. The molecule has 0 amide bonds. The van der Waals surface area contributed by atoms with Crippen molar-refractivity contribution in [2.45, 2.75) is 87.2 Å². The summed E-state index contributed by atoms with van der Waals surface area (Å²) in [4.78, 5) is 0. The van der Waals surface area contributed by atoms with Crippen molar-refractivity contribution < 1.29 is 28.5 Å². The molecule has 4 atom stereocenters. The highest BCUT2D eigenvalue weighted by Crippen LogP contribution is 2.38. The highest BCUT2D eigenvalue weighted by Gasteiger charge is 2.48. The van der Waals surface area contributed by atoms with Crippen LogP contribution in [0.3, 0.4) is 0 Å². The van der Waals surface area contributed by atoms with E-state index in [1.165, 1.54) is 0 Å². The maximum Gasteiger partial charge on any atom is 0.265 e. The topological polar surface area (TPSA) is 90.2 Å². The number of rotatable bonds is 11. The Balaban J connectivity index is 2.15. The first-order chi connectivity index (χ1) is 16.4. The van der Waals surface area contributed by atoms with Crippen molar-refractivity contribution in [2.75, 3.05) is 19.8 Å². The van der Waals surface area contributed by atoms with Gasteiger partial charge in [-0.1, -0.05) is 85.9 Å². The van der Waals surface area contributed by atoms with E-state index < -0.39 is 48.0 Å². The fourth-order valence-corrected chi connectivity index (χ4v) is 4.69. The third-order valence-corrected chi connectivity index (χ3v) is 11.6. The SMILES string of the molecule is CC1(C)O[C@@H]([C@H](O)[C@@H](COC(=N)C(Cl)(Cl)Cl)CO[Si](C)(C)C(C)(C)C)[C@H](COCc2ccccc2)O1. The van der Waals surface area contributed by atoms with E-state index in [2.05, 4.69) is 33.9 Å². The monoisotopic (exact) mass is 583 g/mol. The second-order valence-corrected chi connectivity index (χ2v) is 18.2. The predicted molar refractivity (Wildman–Crippen MR) is 147 cm³/mol. The number of alkyl halides is 3. The van der Waals surface area contributed by atoms with Gasteiger partial charge in [0.2, 0.25) is 5.90 Å². The Hall–Kier alpha value is -0.423. The van der Waals surface area contributed by atoms with E-state index in [9.17, 15) is 5.11 Å². The fraction of sp³-hybridized carbons (Fsp3) is 0.720. The number of nitrogens with one attached hydrogen (secondary N) is 1. The third kappa shape index (κ3) is 9.40. The van der Waals surface area contributed by atoms with Gasteiger partial charge < -0.3 is 28.5 Å². The maximum atomic E-state index is 11.5. The number of benzene rings is 1. The lowest BCUT2D eigenvalue weighted by molar-refractivity contribution is -0.162. The average molecular weight is 585 g/mol. The molecule has 0 aromatic heterocycles. The normalized spacial score (nSPS) is 22.3. The predicted octanol–water partition coefficient (Wildman–Crippen LogP) is 6.09. The highest BCUT2D eigenvalue weighted by atomic mass is 35.6. The zero-order chi connectivity index (χ0) is 27.4. The van der Waals surface area contributed by atoms with Crippen molar-refractivity contribution >= 4 is 49.0 Å². The summed E-state index contributed by atoms with van der Waals surface area (Å²) in [6.07, 6.45) is -2.29. The smallest absolute Gasteiger partial charge is 0.265 e. The Bertz CT molecular complexity index is 844. The molecular weight excluding hydrogens is 545 g/mol. The van der Waals surface area contributed by atoms with Gasteiger partial charge >= 0.3 is 0 Å². The molecule has 2 N–H and O–H groups in total. The summed E-state index contributed by atoms with van der Waals surface area (Å²) in [6.45, 7) is 15.0. The first-order valence-electron chi connectivity index (χ1n) is 12.0. The van der Waals surface area contributed by atoms with E-state index in [1.807, 2.05) is 30.3 Å². The Morgan fingerprint density at radius 1 is 1.11 bits per heavy atom. The first-order valence-corrected chi connectivity index (χ1v) is 16.0. The molecule has 7 nitrogen and oxygen atoms in total. The van der Waals surface area contributed by atoms with Gasteiger partial charge in [-0.3, -0.25) is 5.41 Å². The molecule has 0 saturated carbocycles. The number of ether oxygens (including phenoxy) is 4. The van der Waals surface area contributed by atoms with Gasteiger partial charge in [0.05, 0.1) is 25.9 Å². The molecule has 11 heteroatoms. The van der Waals surface area contributed by atoms with E-state index in [4.69, 9.17) is 63.6 Å². The summed E-state index contributed by atoms with van der Waals surface area (Å²) >= 11 is 17.4. The van der Waals surface area contributed by atoms with E-state index >= 15 is 0 Å². The van der Waals surface area contributed by atoms with Gasteiger partial charge in [0, 0.05) is 12.5 Å². The van der Waals surface area contributed by atoms with E-state index in [0.717, 1.165) is 5.56 Å². The Morgan fingerprint density at radius 2 is 1.72 bits per heavy atom. The Labute approximate surface area is 231 Å². The van der Waals surface area contributed by atoms with Crippen LogP contribution in [0.25, 0.3) is 0 Å². The number of halogens is 3. The maximum absolute atomic E-state index is 11.5. The molecule has 1 saturated heterocycles. The second kappa shape index (κ2) is 12.6. The van der Waals surface area contributed by atoms with Gasteiger partial charge in [0.1, 0.15) is 12.2 Å². The van der Waals surface area contributed by atoms with Crippen LogP contribution in [-0.4, -0.2) is 67.0 Å². The Kier molecular flexibility index (Phi) is 11.1. The molecule has 1 aliphatic heterocycles. The largest absolute Gasteiger partial charge is 0.478 e. The minimum atomic E-state index is -2.15. The lowest BCUT2D eigenvalue weighted by Gasteiger charge is -2.38. The van der Waals surface area contributed by atoms with Crippen LogP contribution in [-0.2, 0) is 30.0 Å². The number of aliphatic hydroxyl groups excluding tert-OH is 1.